The number of hydrogen-bond acceptors (Lipinski definition) is 5. The summed E-state index contributed by atoms with van der Waals surface area (Å²) >= 11 is 0. The smallest absolute Gasteiger partial charge is 0.245 e. The molecule has 8 heteroatoms. The Kier molecular flexibility index (Phi) is 7.80. The summed E-state index contributed by atoms with van der Waals surface area (Å²) in [6.07, 6.45) is 0.262. The van der Waals surface area contributed by atoms with Gasteiger partial charge >= 0.3 is 0 Å². The Morgan fingerprint density at radius 1 is 1.11 bits per heavy atom. The second-order valence-electron chi connectivity index (χ2n) is 7.43. The highest BCUT2D eigenvalue weighted by molar-refractivity contribution is 5.92. The van der Waals surface area contributed by atoms with Crippen LogP contribution in [0.3, 0.4) is 0 Å². The summed E-state index contributed by atoms with van der Waals surface area (Å²) in [7, 11) is 0. The molecule has 4 N–H and O–H groups in total. The van der Waals surface area contributed by atoms with Crippen molar-refractivity contribution in [2.45, 2.75) is 39.3 Å². The van der Waals surface area contributed by atoms with E-state index in [9.17, 15) is 19.5 Å². The average Bonchev–Trinajstić information content (AvgIpc) is 2.66. The van der Waals surface area contributed by atoms with Gasteiger partial charge in [0.2, 0.25) is 17.7 Å². The van der Waals surface area contributed by atoms with Crippen molar-refractivity contribution in [2.75, 3.05) is 26.2 Å². The molecule has 154 valence electrons. The third kappa shape index (κ3) is 6.23. The molecule has 0 saturated carbocycles. The van der Waals surface area contributed by atoms with E-state index in [1.54, 1.807) is 17.0 Å². The Hall–Kier alpha value is -2.61. The van der Waals surface area contributed by atoms with E-state index in [0.29, 0.717) is 13.1 Å². The van der Waals surface area contributed by atoms with Gasteiger partial charge in [-0.2, -0.15) is 0 Å². The van der Waals surface area contributed by atoms with Gasteiger partial charge in [0.25, 0.3) is 0 Å². The van der Waals surface area contributed by atoms with Gasteiger partial charge in [-0.3, -0.25) is 14.4 Å². The van der Waals surface area contributed by atoms with E-state index in [1.807, 2.05) is 13.8 Å². The molecule has 0 bridgehead atoms. The summed E-state index contributed by atoms with van der Waals surface area (Å²) < 4.78 is 0. The van der Waals surface area contributed by atoms with Crippen molar-refractivity contribution in [3.05, 3.63) is 29.8 Å². The van der Waals surface area contributed by atoms with E-state index < -0.39 is 18.0 Å². The minimum absolute atomic E-state index is 0.0852. The van der Waals surface area contributed by atoms with Gasteiger partial charge in [0.15, 0.2) is 0 Å². The molecular weight excluding hydrogens is 360 g/mol. The van der Waals surface area contributed by atoms with Crippen LogP contribution in [-0.4, -0.2) is 66.0 Å². The lowest BCUT2D eigenvalue weighted by atomic mass is 10.00. The molecule has 2 rings (SSSR count). The minimum Gasteiger partial charge on any atom is -0.508 e. The molecule has 0 spiro atoms. The number of phenolic OH excluding ortho intramolecular Hbond substituents is 1. The normalized spacial score (nSPS) is 16.4. The maximum atomic E-state index is 12.9. The van der Waals surface area contributed by atoms with Crippen molar-refractivity contribution in [1.29, 1.82) is 0 Å². The number of nitrogens with zero attached hydrogens (tertiary/aromatic N) is 1. The summed E-state index contributed by atoms with van der Waals surface area (Å²) in [6, 6.07) is 5.00. The standard InChI is InChI=1S/C20H30N4O4/c1-13(2)18(20(28)24-10-8-21-9-11-24)23-19(27)17(22-14(3)25)12-15-4-6-16(26)7-5-15/h4-7,13,17-18,21,26H,8-12H2,1-3H3,(H,22,25)(H,23,27)/t17-,18-/m0/s1. The van der Waals surface area contributed by atoms with Crippen LogP contribution < -0.4 is 16.0 Å². The van der Waals surface area contributed by atoms with Crippen LogP contribution in [0.4, 0.5) is 0 Å². The van der Waals surface area contributed by atoms with Crippen LogP contribution in [0, 0.1) is 5.92 Å². The Bertz CT molecular complexity index is 684. The maximum absolute atomic E-state index is 12.9. The Balaban J connectivity index is 2.10. The predicted octanol–water partition coefficient (Wildman–Crippen LogP) is 0.0120. The first kappa shape index (κ1) is 21.7. The van der Waals surface area contributed by atoms with E-state index in [1.165, 1.54) is 19.1 Å². The molecule has 1 aromatic rings. The number of carbonyl (C=O) groups is 3. The molecule has 28 heavy (non-hydrogen) atoms. The summed E-state index contributed by atoms with van der Waals surface area (Å²) in [5.41, 5.74) is 0.793. The molecule has 1 saturated heterocycles. The van der Waals surface area contributed by atoms with Gasteiger partial charge in [-0.25, -0.2) is 0 Å². The first-order valence-electron chi connectivity index (χ1n) is 9.63. The number of nitrogens with one attached hydrogen (secondary N) is 3. The summed E-state index contributed by atoms with van der Waals surface area (Å²) in [4.78, 5) is 39.1. The van der Waals surface area contributed by atoms with E-state index in [0.717, 1.165) is 18.7 Å². The number of aromatic hydroxyl groups is 1. The lowest BCUT2D eigenvalue weighted by Gasteiger charge is -2.33. The Labute approximate surface area is 165 Å². The van der Waals surface area contributed by atoms with Crippen molar-refractivity contribution in [1.82, 2.24) is 20.9 Å². The SMILES string of the molecule is CC(=O)N[C@@H](Cc1ccc(O)cc1)C(=O)N[C@H](C(=O)N1CCNCC1)C(C)C. The molecule has 2 atom stereocenters. The van der Waals surface area contributed by atoms with Crippen LogP contribution in [0.2, 0.25) is 0 Å². The van der Waals surface area contributed by atoms with Gasteiger partial charge in [-0.1, -0.05) is 26.0 Å². The zero-order chi connectivity index (χ0) is 20.7. The fourth-order valence-corrected chi connectivity index (χ4v) is 3.17. The number of benzene rings is 1. The fourth-order valence-electron chi connectivity index (χ4n) is 3.17. The summed E-state index contributed by atoms with van der Waals surface area (Å²) in [5.74, 6) is -0.779. The second-order valence-corrected chi connectivity index (χ2v) is 7.43. The second kappa shape index (κ2) is 10.1. The number of rotatable bonds is 7. The van der Waals surface area contributed by atoms with E-state index in [-0.39, 0.29) is 29.9 Å². The molecule has 1 aromatic carbocycles. The van der Waals surface area contributed by atoms with Crippen LogP contribution in [0.1, 0.15) is 26.3 Å². The highest BCUT2D eigenvalue weighted by atomic mass is 16.3. The summed E-state index contributed by atoms with van der Waals surface area (Å²) in [6.45, 7) is 7.82. The summed E-state index contributed by atoms with van der Waals surface area (Å²) in [5, 5.41) is 18.1. The number of hydrogen-bond donors (Lipinski definition) is 4. The lowest BCUT2D eigenvalue weighted by molar-refractivity contribution is -0.138. The van der Waals surface area contributed by atoms with Crippen molar-refractivity contribution in [3.63, 3.8) is 0 Å². The number of piperazine rings is 1. The maximum Gasteiger partial charge on any atom is 0.245 e. The third-order valence-corrected chi connectivity index (χ3v) is 4.73. The van der Waals surface area contributed by atoms with E-state index >= 15 is 0 Å². The fraction of sp³-hybridized carbons (Fsp3) is 0.550. The van der Waals surface area contributed by atoms with Gasteiger partial charge in [0.1, 0.15) is 17.8 Å². The Morgan fingerprint density at radius 2 is 1.71 bits per heavy atom. The van der Waals surface area contributed by atoms with Crippen LogP contribution in [0.25, 0.3) is 0 Å². The molecule has 0 unspecified atom stereocenters. The zero-order valence-corrected chi connectivity index (χ0v) is 16.7. The molecule has 8 nitrogen and oxygen atoms in total. The van der Waals surface area contributed by atoms with Gasteiger partial charge in [0.05, 0.1) is 0 Å². The molecule has 1 aliphatic heterocycles. The molecule has 3 amide bonds. The number of amides is 3. The molecule has 1 fully saturated rings. The van der Waals surface area contributed by atoms with Gasteiger partial charge < -0.3 is 26.0 Å². The van der Waals surface area contributed by atoms with E-state index in [4.69, 9.17) is 0 Å². The molecule has 1 aliphatic rings. The zero-order valence-electron chi connectivity index (χ0n) is 16.7. The molecule has 0 aliphatic carbocycles. The monoisotopic (exact) mass is 390 g/mol. The first-order chi connectivity index (χ1) is 13.3. The Morgan fingerprint density at radius 3 is 2.25 bits per heavy atom. The molecule has 0 radical (unpaired) electrons. The molecule has 1 heterocycles. The third-order valence-electron chi connectivity index (χ3n) is 4.73. The van der Waals surface area contributed by atoms with Crippen molar-refractivity contribution < 1.29 is 19.5 Å². The van der Waals surface area contributed by atoms with E-state index in [2.05, 4.69) is 16.0 Å². The predicted molar refractivity (Wildman–Crippen MR) is 106 cm³/mol. The number of carbonyl (C=O) groups excluding carboxylic acids is 3. The topological polar surface area (TPSA) is 111 Å². The molecular formula is C20H30N4O4. The quantitative estimate of drug-likeness (QED) is 0.524. The average molecular weight is 390 g/mol. The van der Waals surface area contributed by atoms with Gasteiger partial charge in [0, 0.05) is 39.5 Å². The van der Waals surface area contributed by atoms with Crippen molar-refractivity contribution in [2.24, 2.45) is 5.92 Å². The van der Waals surface area contributed by atoms with Crippen molar-refractivity contribution in [3.8, 4) is 5.75 Å². The minimum atomic E-state index is -0.806. The van der Waals surface area contributed by atoms with Gasteiger partial charge in [-0.05, 0) is 23.6 Å². The van der Waals surface area contributed by atoms with Crippen LogP contribution in [-0.2, 0) is 20.8 Å². The highest BCUT2D eigenvalue weighted by Gasteiger charge is 2.31. The van der Waals surface area contributed by atoms with Gasteiger partial charge in [-0.15, -0.1) is 0 Å². The largest absolute Gasteiger partial charge is 0.508 e. The lowest BCUT2D eigenvalue weighted by Crippen LogP contribution is -2.58. The molecule has 0 aromatic heterocycles. The first-order valence-corrected chi connectivity index (χ1v) is 9.63. The van der Waals surface area contributed by atoms with Crippen LogP contribution >= 0.6 is 0 Å². The van der Waals surface area contributed by atoms with Crippen LogP contribution in [0.15, 0.2) is 24.3 Å². The van der Waals surface area contributed by atoms with Crippen LogP contribution in [0.5, 0.6) is 5.75 Å². The van der Waals surface area contributed by atoms with Crippen molar-refractivity contribution >= 4 is 17.7 Å². The number of phenols is 1. The highest BCUT2D eigenvalue weighted by Crippen LogP contribution is 2.13.